The normalized spacial score (nSPS) is 17.7. The van der Waals surface area contributed by atoms with Crippen LogP contribution in [0.4, 0.5) is 5.69 Å². The van der Waals surface area contributed by atoms with Crippen molar-refractivity contribution in [2.75, 3.05) is 51.0 Å². The van der Waals surface area contributed by atoms with Gasteiger partial charge in [0.25, 0.3) is 0 Å². The van der Waals surface area contributed by atoms with E-state index in [1.807, 2.05) is 18.2 Å². The first-order valence-corrected chi connectivity index (χ1v) is 14.7. The molecule has 0 unspecified atom stereocenters. The van der Waals surface area contributed by atoms with Gasteiger partial charge in [-0.1, -0.05) is 17.7 Å². The van der Waals surface area contributed by atoms with Gasteiger partial charge in [-0.15, -0.1) is 0 Å². The van der Waals surface area contributed by atoms with Crippen molar-refractivity contribution in [1.29, 1.82) is 0 Å². The summed E-state index contributed by atoms with van der Waals surface area (Å²) in [5, 5.41) is 11.1. The third-order valence-corrected chi connectivity index (χ3v) is 8.82. The lowest BCUT2D eigenvalue weighted by Crippen LogP contribution is -2.38. The lowest BCUT2D eigenvalue weighted by atomic mass is 9.95. The summed E-state index contributed by atoms with van der Waals surface area (Å²) in [6.07, 6.45) is 7.39. The first-order chi connectivity index (χ1) is 17.2. The number of fused-ring (bicyclic) bond motifs is 1. The molecule has 2 aliphatic rings. The highest BCUT2D eigenvalue weighted by Crippen LogP contribution is 2.41. The van der Waals surface area contributed by atoms with E-state index < -0.39 is 9.84 Å². The number of pyridine rings is 1. The van der Waals surface area contributed by atoms with E-state index >= 15 is 0 Å². The Bertz CT molecular complexity index is 1380. The van der Waals surface area contributed by atoms with Crippen LogP contribution in [-0.4, -0.2) is 69.5 Å². The number of nitrogens with zero attached hydrogens (tertiary/aromatic N) is 3. The number of hydrogen-bond acceptors (Lipinski definition) is 7. The molecule has 0 spiro atoms. The molecule has 0 bridgehead atoms. The van der Waals surface area contributed by atoms with E-state index in [1.54, 1.807) is 12.1 Å². The number of phenolic OH excluding ortho intramolecular Hbond substituents is 1. The molecule has 1 N–H and O–H groups in total. The van der Waals surface area contributed by atoms with Crippen molar-refractivity contribution in [3.63, 3.8) is 0 Å². The molecule has 0 saturated carbocycles. The first-order valence-electron chi connectivity index (χ1n) is 12.4. The molecule has 2 fully saturated rings. The summed E-state index contributed by atoms with van der Waals surface area (Å²) in [5.74, 6) is 0.805. The smallest absolute Gasteiger partial charge is 0.179 e. The summed E-state index contributed by atoms with van der Waals surface area (Å²) >= 11 is 6.25. The molecule has 1 aromatic heterocycles. The molecular formula is C27H32ClN3O4S. The van der Waals surface area contributed by atoms with Crippen molar-refractivity contribution in [2.24, 2.45) is 5.92 Å². The van der Waals surface area contributed by atoms with E-state index in [-0.39, 0.29) is 21.4 Å². The van der Waals surface area contributed by atoms with Crippen molar-refractivity contribution in [3.8, 4) is 22.6 Å². The minimum Gasteiger partial charge on any atom is -0.503 e. The number of aromatic hydroxyl groups is 1. The Balaban J connectivity index is 1.54. The van der Waals surface area contributed by atoms with E-state index in [9.17, 15) is 13.5 Å². The van der Waals surface area contributed by atoms with Gasteiger partial charge in [-0.2, -0.15) is 0 Å². The molecular weight excluding hydrogens is 498 g/mol. The van der Waals surface area contributed by atoms with Crippen molar-refractivity contribution < 1.29 is 18.3 Å². The summed E-state index contributed by atoms with van der Waals surface area (Å²) in [5.41, 5.74) is 3.05. The average Bonchev–Trinajstić information content (AvgIpc) is 3.37. The number of phenols is 1. The van der Waals surface area contributed by atoms with E-state index in [0.29, 0.717) is 5.92 Å². The highest BCUT2D eigenvalue weighted by atomic mass is 35.5. The fourth-order valence-corrected chi connectivity index (χ4v) is 6.55. The first kappa shape index (κ1) is 25.1. The van der Waals surface area contributed by atoms with Crippen LogP contribution in [0.15, 0.2) is 41.4 Å². The predicted octanol–water partition coefficient (Wildman–Crippen LogP) is 4.99. The summed E-state index contributed by atoms with van der Waals surface area (Å²) in [7, 11) is -2.02. The number of sulfone groups is 1. The number of rotatable bonds is 6. The monoisotopic (exact) mass is 529 g/mol. The minimum atomic E-state index is -3.49. The number of ether oxygens (including phenoxy) is 1. The van der Waals surface area contributed by atoms with Gasteiger partial charge in [0.15, 0.2) is 21.3 Å². The van der Waals surface area contributed by atoms with Crippen molar-refractivity contribution in [1.82, 2.24) is 9.88 Å². The zero-order valence-corrected chi connectivity index (χ0v) is 22.3. The molecule has 3 heterocycles. The van der Waals surface area contributed by atoms with Crippen LogP contribution < -0.4 is 9.64 Å². The molecule has 0 aliphatic carbocycles. The Morgan fingerprint density at radius 1 is 1.08 bits per heavy atom. The summed E-state index contributed by atoms with van der Waals surface area (Å²) in [6, 6.07) is 9.18. The Hall–Kier alpha value is -2.55. The van der Waals surface area contributed by atoms with Crippen LogP contribution in [0, 0.1) is 5.92 Å². The molecule has 2 aliphatic heterocycles. The molecule has 9 heteroatoms. The van der Waals surface area contributed by atoms with Crippen LogP contribution in [-0.2, 0) is 9.84 Å². The van der Waals surface area contributed by atoms with Crippen molar-refractivity contribution in [2.45, 2.75) is 30.6 Å². The van der Waals surface area contributed by atoms with Gasteiger partial charge in [-0.25, -0.2) is 8.42 Å². The van der Waals surface area contributed by atoms with E-state index in [2.05, 4.69) is 14.8 Å². The third-order valence-electron chi connectivity index (χ3n) is 7.43. The number of halogens is 1. The molecule has 5 rings (SSSR count). The number of piperidine rings is 1. The fourth-order valence-electron chi connectivity index (χ4n) is 5.50. The maximum atomic E-state index is 12.8. The van der Waals surface area contributed by atoms with Crippen molar-refractivity contribution in [3.05, 3.63) is 41.6 Å². The van der Waals surface area contributed by atoms with E-state index in [4.69, 9.17) is 16.3 Å². The molecule has 36 heavy (non-hydrogen) atoms. The maximum absolute atomic E-state index is 12.8. The molecule has 192 valence electrons. The van der Waals surface area contributed by atoms with Gasteiger partial charge in [0.2, 0.25) is 0 Å². The molecule has 3 aromatic rings. The lowest BCUT2D eigenvalue weighted by Gasteiger charge is -2.36. The standard InChI is InChI=1S/C27H32ClN3O4S/c1-35-24-15-20(14-22(28)27(24)32)19-5-6-23-21(13-19)26(25(16-29-23)36(2,33)34)31-11-7-18(8-12-31)17-30-9-3-4-10-30/h5-6,13-16,18,32H,3-4,7-12,17H2,1-2H3. The van der Waals surface area contributed by atoms with Gasteiger partial charge < -0.3 is 19.6 Å². The van der Waals surface area contributed by atoms with Gasteiger partial charge in [-0.05, 0) is 80.1 Å². The molecule has 7 nitrogen and oxygen atoms in total. The second-order valence-electron chi connectivity index (χ2n) is 9.92. The second-order valence-corrected chi connectivity index (χ2v) is 12.3. The van der Waals surface area contributed by atoms with E-state index in [0.717, 1.165) is 60.2 Å². The average molecular weight is 530 g/mol. The van der Waals surface area contributed by atoms with Crippen LogP contribution in [0.1, 0.15) is 25.7 Å². The van der Waals surface area contributed by atoms with Gasteiger partial charge >= 0.3 is 0 Å². The van der Waals surface area contributed by atoms with Crippen LogP contribution in [0.2, 0.25) is 5.02 Å². The predicted molar refractivity (Wildman–Crippen MR) is 144 cm³/mol. The fraction of sp³-hybridized carbons (Fsp3) is 0.444. The quantitative estimate of drug-likeness (QED) is 0.482. The zero-order valence-electron chi connectivity index (χ0n) is 20.7. The number of anilines is 1. The molecule has 0 radical (unpaired) electrons. The molecule has 2 saturated heterocycles. The SMILES string of the molecule is COc1cc(-c2ccc3ncc(S(C)(=O)=O)c(N4CCC(CN5CCCC5)CC4)c3c2)cc(Cl)c1O. The molecule has 2 aromatic carbocycles. The van der Waals surface area contributed by atoms with Gasteiger partial charge in [0, 0.05) is 37.5 Å². The number of likely N-dealkylation sites (tertiary alicyclic amines) is 1. The Labute approximate surface area is 217 Å². The topological polar surface area (TPSA) is 83.0 Å². The summed E-state index contributed by atoms with van der Waals surface area (Å²) in [6.45, 7) is 5.15. The largest absolute Gasteiger partial charge is 0.503 e. The molecule has 0 atom stereocenters. The molecule has 0 amide bonds. The summed E-state index contributed by atoms with van der Waals surface area (Å²) < 4.78 is 30.9. The number of methoxy groups -OCH3 is 1. The Morgan fingerprint density at radius 3 is 2.47 bits per heavy atom. The third kappa shape index (κ3) is 4.99. The van der Waals surface area contributed by atoms with Gasteiger partial charge in [0.05, 0.1) is 23.3 Å². The number of hydrogen-bond donors (Lipinski definition) is 1. The second kappa shape index (κ2) is 10.1. The van der Waals surface area contributed by atoms with Gasteiger partial charge in [0.1, 0.15) is 4.90 Å². The van der Waals surface area contributed by atoms with Crippen LogP contribution >= 0.6 is 11.6 Å². The Morgan fingerprint density at radius 2 is 1.81 bits per heavy atom. The highest BCUT2D eigenvalue weighted by Gasteiger charge is 2.28. The van der Waals surface area contributed by atoms with Crippen molar-refractivity contribution >= 4 is 38.0 Å². The number of benzene rings is 2. The Kier molecular flexibility index (Phi) is 7.03. The zero-order chi connectivity index (χ0) is 25.4. The minimum absolute atomic E-state index is 0.109. The summed E-state index contributed by atoms with van der Waals surface area (Å²) in [4.78, 5) is 9.52. The number of aromatic nitrogens is 1. The highest BCUT2D eigenvalue weighted by molar-refractivity contribution is 7.90. The van der Waals surface area contributed by atoms with Crippen LogP contribution in [0.5, 0.6) is 11.5 Å². The van der Waals surface area contributed by atoms with E-state index in [1.165, 1.54) is 45.5 Å². The van der Waals surface area contributed by atoms with Gasteiger partial charge in [-0.3, -0.25) is 4.98 Å². The van der Waals surface area contributed by atoms with Crippen LogP contribution in [0.3, 0.4) is 0 Å². The maximum Gasteiger partial charge on any atom is 0.179 e. The van der Waals surface area contributed by atoms with Crippen LogP contribution in [0.25, 0.3) is 22.0 Å². The lowest BCUT2D eigenvalue weighted by molar-refractivity contribution is 0.249.